The zero-order chi connectivity index (χ0) is 12.1. The number of carbonyl (C=O) groups is 2. The number of ether oxygens (including phenoxy) is 2. The molecule has 1 unspecified atom stereocenters. The number of nitrogens with zero attached hydrogens (tertiary/aromatic N) is 1. The van der Waals surface area contributed by atoms with E-state index >= 15 is 0 Å². The minimum atomic E-state index is -0.758. The number of thiazole rings is 1. The van der Waals surface area contributed by atoms with Crippen LogP contribution in [0.25, 0.3) is 0 Å². The van der Waals surface area contributed by atoms with Crippen LogP contribution in [0.4, 0.5) is 5.13 Å². The lowest BCUT2D eigenvalue weighted by molar-refractivity contribution is -0.149. The van der Waals surface area contributed by atoms with Gasteiger partial charge in [0.2, 0.25) is 0 Å². The van der Waals surface area contributed by atoms with Gasteiger partial charge in [-0.15, -0.1) is 23.7 Å². The fourth-order valence-electron chi connectivity index (χ4n) is 1.16. The maximum Gasteiger partial charge on any atom is 0.315 e. The van der Waals surface area contributed by atoms with Crippen molar-refractivity contribution >= 4 is 40.8 Å². The second-order valence-corrected chi connectivity index (χ2v) is 3.86. The van der Waals surface area contributed by atoms with Gasteiger partial charge in [0.05, 0.1) is 26.3 Å². The summed E-state index contributed by atoms with van der Waals surface area (Å²) < 4.78 is 9.10. The first-order valence-corrected chi connectivity index (χ1v) is 5.32. The lowest BCUT2D eigenvalue weighted by Crippen LogP contribution is -2.19. The summed E-state index contributed by atoms with van der Waals surface area (Å²) in [6, 6.07) is 0. The fourth-order valence-corrected chi connectivity index (χ4v) is 1.78. The van der Waals surface area contributed by atoms with Crippen molar-refractivity contribution in [1.29, 1.82) is 0 Å². The SMILES string of the molecule is COC(=O)CC(C(=O)OC)c1csc(N)n1.Cl. The average Bonchev–Trinajstić information content (AvgIpc) is 2.71. The molecule has 96 valence electrons. The van der Waals surface area contributed by atoms with E-state index in [1.807, 2.05) is 0 Å². The summed E-state index contributed by atoms with van der Waals surface area (Å²) in [6.45, 7) is 0. The van der Waals surface area contributed by atoms with Gasteiger partial charge < -0.3 is 15.2 Å². The molecule has 17 heavy (non-hydrogen) atoms. The molecule has 0 amide bonds. The van der Waals surface area contributed by atoms with Gasteiger partial charge in [-0.1, -0.05) is 0 Å². The number of halogens is 1. The van der Waals surface area contributed by atoms with Crippen LogP contribution in [0.3, 0.4) is 0 Å². The molecule has 0 aliphatic rings. The molecule has 0 saturated carbocycles. The summed E-state index contributed by atoms with van der Waals surface area (Å²) in [5.41, 5.74) is 5.89. The van der Waals surface area contributed by atoms with E-state index in [-0.39, 0.29) is 18.8 Å². The summed E-state index contributed by atoms with van der Waals surface area (Å²) >= 11 is 1.20. The van der Waals surface area contributed by atoms with Crippen molar-refractivity contribution in [2.75, 3.05) is 20.0 Å². The van der Waals surface area contributed by atoms with Gasteiger partial charge in [-0.05, 0) is 0 Å². The van der Waals surface area contributed by atoms with Crippen LogP contribution in [0.15, 0.2) is 5.38 Å². The molecule has 0 spiro atoms. The molecule has 0 fully saturated rings. The van der Waals surface area contributed by atoms with Crippen LogP contribution >= 0.6 is 23.7 Å². The molecule has 2 N–H and O–H groups in total. The van der Waals surface area contributed by atoms with Crippen molar-refractivity contribution < 1.29 is 19.1 Å². The van der Waals surface area contributed by atoms with Gasteiger partial charge in [-0.3, -0.25) is 9.59 Å². The molecule has 1 atom stereocenters. The Morgan fingerprint density at radius 2 is 2.12 bits per heavy atom. The molecule has 0 radical (unpaired) electrons. The molecule has 0 aliphatic carbocycles. The lowest BCUT2D eigenvalue weighted by Gasteiger charge is -2.10. The van der Waals surface area contributed by atoms with E-state index in [4.69, 9.17) is 5.73 Å². The number of hydrogen-bond donors (Lipinski definition) is 1. The summed E-state index contributed by atoms with van der Waals surface area (Å²) in [4.78, 5) is 26.6. The highest BCUT2D eigenvalue weighted by Crippen LogP contribution is 2.24. The second-order valence-electron chi connectivity index (χ2n) is 2.97. The Kier molecular flexibility index (Phi) is 6.52. The average molecular weight is 281 g/mol. The van der Waals surface area contributed by atoms with E-state index in [0.717, 1.165) is 0 Å². The van der Waals surface area contributed by atoms with Gasteiger partial charge in [0, 0.05) is 5.38 Å². The van der Waals surface area contributed by atoms with Crippen molar-refractivity contribution in [3.05, 3.63) is 11.1 Å². The van der Waals surface area contributed by atoms with Gasteiger partial charge in [-0.2, -0.15) is 0 Å². The van der Waals surface area contributed by atoms with Crippen LogP contribution in [0.2, 0.25) is 0 Å². The van der Waals surface area contributed by atoms with E-state index < -0.39 is 17.9 Å². The number of aromatic nitrogens is 1. The smallest absolute Gasteiger partial charge is 0.315 e. The van der Waals surface area contributed by atoms with E-state index in [2.05, 4.69) is 14.5 Å². The molecular formula is C9H13ClN2O4S. The van der Waals surface area contributed by atoms with E-state index in [1.165, 1.54) is 25.6 Å². The van der Waals surface area contributed by atoms with Crippen molar-refractivity contribution in [3.8, 4) is 0 Å². The Bertz CT molecular complexity index is 396. The third-order valence-corrected chi connectivity index (χ3v) is 2.67. The number of hydrogen-bond acceptors (Lipinski definition) is 7. The summed E-state index contributed by atoms with van der Waals surface area (Å²) in [5, 5.41) is 1.97. The van der Waals surface area contributed by atoms with Crippen LogP contribution in [0.1, 0.15) is 18.0 Å². The Morgan fingerprint density at radius 3 is 2.53 bits per heavy atom. The maximum absolute atomic E-state index is 11.5. The minimum Gasteiger partial charge on any atom is -0.469 e. The van der Waals surface area contributed by atoms with Crippen molar-refractivity contribution in [3.63, 3.8) is 0 Å². The molecule has 1 aromatic rings. The van der Waals surface area contributed by atoms with Crippen LogP contribution in [0.5, 0.6) is 0 Å². The molecule has 0 aromatic carbocycles. The Labute approximate surface area is 109 Å². The first-order chi connectivity index (χ1) is 7.58. The quantitative estimate of drug-likeness (QED) is 0.826. The number of anilines is 1. The number of nitrogens with two attached hydrogens (primary N) is 1. The predicted molar refractivity (Wildman–Crippen MR) is 65.2 cm³/mol. The minimum absolute atomic E-state index is 0. The Morgan fingerprint density at radius 1 is 1.47 bits per heavy atom. The molecular weight excluding hydrogens is 268 g/mol. The summed E-state index contributed by atoms with van der Waals surface area (Å²) in [7, 11) is 2.51. The monoisotopic (exact) mass is 280 g/mol. The standard InChI is InChI=1S/C9H12N2O4S.ClH/c1-14-7(12)3-5(8(13)15-2)6-4-16-9(10)11-6;/h4-5H,3H2,1-2H3,(H2,10,11);1H. The highest BCUT2D eigenvalue weighted by Gasteiger charge is 2.27. The number of methoxy groups -OCH3 is 2. The number of nitrogen functional groups attached to an aromatic ring is 1. The molecule has 0 bridgehead atoms. The first kappa shape index (κ1) is 15.7. The van der Waals surface area contributed by atoms with Crippen LogP contribution in [0, 0.1) is 0 Å². The van der Waals surface area contributed by atoms with E-state index in [9.17, 15) is 9.59 Å². The van der Waals surface area contributed by atoms with Gasteiger partial charge in [-0.25, -0.2) is 4.98 Å². The third-order valence-electron chi connectivity index (χ3n) is 1.98. The van der Waals surface area contributed by atoms with Crippen molar-refractivity contribution in [1.82, 2.24) is 4.98 Å². The predicted octanol–water partition coefficient (Wildman–Crippen LogP) is 0.967. The number of esters is 2. The molecule has 1 heterocycles. The highest BCUT2D eigenvalue weighted by molar-refractivity contribution is 7.13. The van der Waals surface area contributed by atoms with Crippen LogP contribution < -0.4 is 5.73 Å². The highest BCUT2D eigenvalue weighted by atomic mass is 35.5. The topological polar surface area (TPSA) is 91.5 Å². The number of rotatable bonds is 4. The molecule has 8 heteroatoms. The van der Waals surface area contributed by atoms with Gasteiger partial charge in [0.25, 0.3) is 0 Å². The van der Waals surface area contributed by atoms with Crippen LogP contribution in [-0.2, 0) is 19.1 Å². The summed E-state index contributed by atoms with van der Waals surface area (Å²) in [6.07, 6.45) is -0.105. The van der Waals surface area contributed by atoms with Gasteiger partial charge >= 0.3 is 11.9 Å². The zero-order valence-corrected chi connectivity index (χ0v) is 11.0. The van der Waals surface area contributed by atoms with E-state index in [0.29, 0.717) is 10.8 Å². The molecule has 1 rings (SSSR count). The molecule has 0 aliphatic heterocycles. The van der Waals surface area contributed by atoms with Gasteiger partial charge in [0.1, 0.15) is 5.92 Å². The first-order valence-electron chi connectivity index (χ1n) is 4.44. The second kappa shape index (κ2) is 7.08. The normalized spacial score (nSPS) is 11.2. The third kappa shape index (κ3) is 4.20. The van der Waals surface area contributed by atoms with Crippen LogP contribution in [-0.4, -0.2) is 31.1 Å². The van der Waals surface area contributed by atoms with E-state index in [1.54, 1.807) is 5.38 Å². The Hall–Kier alpha value is -1.34. The Balaban J connectivity index is 0.00000256. The maximum atomic E-state index is 11.5. The lowest BCUT2D eigenvalue weighted by atomic mass is 10.0. The van der Waals surface area contributed by atoms with Crippen molar-refractivity contribution in [2.45, 2.75) is 12.3 Å². The molecule has 0 saturated heterocycles. The van der Waals surface area contributed by atoms with Crippen molar-refractivity contribution in [2.24, 2.45) is 0 Å². The van der Waals surface area contributed by atoms with Gasteiger partial charge in [0.15, 0.2) is 5.13 Å². The molecule has 6 nitrogen and oxygen atoms in total. The number of carbonyl (C=O) groups excluding carboxylic acids is 2. The largest absolute Gasteiger partial charge is 0.469 e. The fraction of sp³-hybridized carbons (Fsp3) is 0.444. The summed E-state index contributed by atoms with van der Waals surface area (Å²) in [5.74, 6) is -1.79. The molecule has 1 aromatic heterocycles. The zero-order valence-electron chi connectivity index (χ0n) is 9.34.